The smallest absolute Gasteiger partial charge is 0.417 e. The molecule has 3 saturated heterocycles. The van der Waals surface area contributed by atoms with Crippen LogP contribution in [0.2, 0.25) is 0 Å². The lowest BCUT2D eigenvalue weighted by Gasteiger charge is -2.34. The molecule has 10 heteroatoms. The van der Waals surface area contributed by atoms with Gasteiger partial charge in [-0.25, -0.2) is 18.1 Å². The van der Waals surface area contributed by atoms with Crippen molar-refractivity contribution < 1.29 is 27.5 Å². The summed E-state index contributed by atoms with van der Waals surface area (Å²) in [6.07, 6.45) is 2.11. The van der Waals surface area contributed by atoms with Gasteiger partial charge in [-0.15, -0.1) is 0 Å². The number of carbonyl (C=O) groups is 3. The van der Waals surface area contributed by atoms with Crippen molar-refractivity contribution in [3.8, 4) is 0 Å². The van der Waals surface area contributed by atoms with Gasteiger partial charge in [-0.2, -0.15) is 4.31 Å². The quantitative estimate of drug-likeness (QED) is 0.720. The van der Waals surface area contributed by atoms with E-state index < -0.39 is 16.1 Å². The maximum Gasteiger partial charge on any atom is 0.417 e. The Balaban J connectivity index is 1.39. The first-order valence-electron chi connectivity index (χ1n) is 9.76. The van der Waals surface area contributed by atoms with Crippen LogP contribution in [0.25, 0.3) is 0 Å². The summed E-state index contributed by atoms with van der Waals surface area (Å²) in [6.45, 7) is 1.67. The highest BCUT2D eigenvalue weighted by Gasteiger charge is 2.39. The summed E-state index contributed by atoms with van der Waals surface area (Å²) < 4.78 is 31.4. The largest absolute Gasteiger partial charge is 0.439 e. The molecule has 0 atom stereocenters. The van der Waals surface area contributed by atoms with Crippen molar-refractivity contribution >= 4 is 27.9 Å². The van der Waals surface area contributed by atoms with Crippen molar-refractivity contribution in [1.29, 1.82) is 0 Å². The fraction of sp³-hybridized carbons (Fsp3) is 0.526. The molecule has 0 saturated carbocycles. The zero-order valence-corrected chi connectivity index (χ0v) is 16.8. The van der Waals surface area contributed by atoms with Crippen LogP contribution in [0, 0.1) is 0 Å². The number of amides is 3. The van der Waals surface area contributed by atoms with E-state index in [1.165, 1.54) is 16.4 Å². The van der Waals surface area contributed by atoms with Gasteiger partial charge in [0.1, 0.15) is 0 Å². The van der Waals surface area contributed by atoms with Gasteiger partial charge < -0.3 is 9.64 Å². The topological polar surface area (TPSA) is 104 Å². The minimum Gasteiger partial charge on any atom is -0.439 e. The van der Waals surface area contributed by atoms with Crippen LogP contribution in [0.5, 0.6) is 0 Å². The molecule has 0 bridgehead atoms. The maximum atomic E-state index is 12.8. The van der Waals surface area contributed by atoms with Crippen LogP contribution in [-0.2, 0) is 19.6 Å². The van der Waals surface area contributed by atoms with Crippen molar-refractivity contribution in [2.45, 2.75) is 36.6 Å². The summed E-state index contributed by atoms with van der Waals surface area (Å²) in [4.78, 5) is 39.2. The van der Waals surface area contributed by atoms with Crippen LogP contribution in [0.3, 0.4) is 0 Å². The Labute approximate surface area is 169 Å². The molecule has 0 unspecified atom stereocenters. The Morgan fingerprint density at radius 3 is 2.14 bits per heavy atom. The number of piperidine rings is 1. The summed E-state index contributed by atoms with van der Waals surface area (Å²) in [5.74, 6) is -0.529. The third-order valence-electron chi connectivity index (χ3n) is 5.71. The highest BCUT2D eigenvalue weighted by Crippen LogP contribution is 2.24. The Morgan fingerprint density at radius 2 is 1.59 bits per heavy atom. The zero-order valence-electron chi connectivity index (χ0n) is 16.0. The highest BCUT2D eigenvalue weighted by atomic mass is 32.2. The van der Waals surface area contributed by atoms with Gasteiger partial charge >= 0.3 is 6.09 Å². The molecule has 29 heavy (non-hydrogen) atoms. The summed E-state index contributed by atoms with van der Waals surface area (Å²) in [5, 5.41) is 0. The van der Waals surface area contributed by atoms with E-state index in [0.717, 1.165) is 17.7 Å². The van der Waals surface area contributed by atoms with Crippen molar-refractivity contribution in [2.75, 3.05) is 32.8 Å². The Bertz CT molecular complexity index is 900. The monoisotopic (exact) mass is 421 g/mol. The normalized spacial score (nSPS) is 21.7. The van der Waals surface area contributed by atoms with Gasteiger partial charge in [0.15, 0.2) is 6.61 Å². The lowest BCUT2D eigenvalue weighted by molar-refractivity contribution is -0.127. The van der Waals surface area contributed by atoms with Crippen LogP contribution >= 0.6 is 0 Å². The van der Waals surface area contributed by atoms with Gasteiger partial charge in [0.2, 0.25) is 10.0 Å². The van der Waals surface area contributed by atoms with Crippen molar-refractivity contribution in [2.24, 2.45) is 0 Å². The third-order valence-corrected chi connectivity index (χ3v) is 7.62. The lowest BCUT2D eigenvalue weighted by Crippen LogP contribution is -2.48. The number of sulfonamides is 1. The Hall–Kier alpha value is -2.46. The molecule has 3 heterocycles. The number of nitrogens with zero attached hydrogens (tertiary/aromatic N) is 3. The molecule has 156 valence electrons. The fourth-order valence-corrected chi connectivity index (χ4v) is 5.59. The second kappa shape index (κ2) is 7.75. The van der Waals surface area contributed by atoms with E-state index in [1.807, 2.05) is 0 Å². The van der Waals surface area contributed by atoms with E-state index in [-0.39, 0.29) is 29.4 Å². The van der Waals surface area contributed by atoms with E-state index in [2.05, 4.69) is 0 Å². The maximum absolute atomic E-state index is 12.8. The standard InChI is InChI=1S/C19H23N3O6S/c23-17-13-28-19(25)22(17)15-7-11-20(12-8-15)18(24)14-3-5-16(6-4-14)29(26,27)21-9-1-2-10-21/h3-6,15H,1-2,7-13H2. The minimum atomic E-state index is -3.51. The molecule has 0 aromatic heterocycles. The second-order valence-corrected chi connectivity index (χ2v) is 9.42. The molecular formula is C19H23N3O6S. The Morgan fingerprint density at radius 1 is 0.966 bits per heavy atom. The first-order chi connectivity index (χ1) is 13.9. The summed E-state index contributed by atoms with van der Waals surface area (Å²) in [6, 6.07) is 5.78. The number of cyclic esters (lactones) is 1. The van der Waals surface area contributed by atoms with E-state index >= 15 is 0 Å². The van der Waals surface area contributed by atoms with Gasteiger partial charge in [-0.3, -0.25) is 9.59 Å². The third kappa shape index (κ3) is 3.74. The molecule has 9 nitrogen and oxygen atoms in total. The van der Waals surface area contributed by atoms with Crippen LogP contribution in [0.15, 0.2) is 29.2 Å². The van der Waals surface area contributed by atoms with Gasteiger partial charge in [0, 0.05) is 37.8 Å². The van der Waals surface area contributed by atoms with Crippen LogP contribution in [0.4, 0.5) is 4.79 Å². The minimum absolute atomic E-state index is 0.191. The van der Waals surface area contributed by atoms with Crippen LogP contribution in [0.1, 0.15) is 36.0 Å². The summed E-state index contributed by atoms with van der Waals surface area (Å²) >= 11 is 0. The fourth-order valence-electron chi connectivity index (χ4n) is 4.07. The SMILES string of the molecule is O=C(c1ccc(S(=O)(=O)N2CCCC2)cc1)N1CCC(N2C(=O)COC2=O)CC1. The van der Waals surface area contributed by atoms with E-state index in [9.17, 15) is 22.8 Å². The van der Waals surface area contributed by atoms with Crippen LogP contribution in [-0.4, -0.2) is 79.3 Å². The molecule has 0 radical (unpaired) electrons. The summed E-state index contributed by atoms with van der Waals surface area (Å²) in [5.41, 5.74) is 0.417. The molecular weight excluding hydrogens is 398 g/mol. The van der Waals surface area contributed by atoms with Crippen molar-refractivity contribution in [3.05, 3.63) is 29.8 Å². The Kier molecular flexibility index (Phi) is 5.30. The zero-order chi connectivity index (χ0) is 20.6. The van der Waals surface area contributed by atoms with Gasteiger partial charge in [-0.1, -0.05) is 0 Å². The molecule has 3 fully saturated rings. The van der Waals surface area contributed by atoms with Crippen LogP contribution < -0.4 is 0 Å². The molecule has 4 rings (SSSR count). The number of ether oxygens (including phenoxy) is 1. The highest BCUT2D eigenvalue weighted by molar-refractivity contribution is 7.89. The predicted octanol–water partition coefficient (Wildman–Crippen LogP) is 1.05. The molecule has 0 N–H and O–H groups in total. The molecule has 3 aliphatic heterocycles. The molecule has 3 aliphatic rings. The molecule has 3 amide bonds. The van der Waals surface area contributed by atoms with Gasteiger partial charge in [0.05, 0.1) is 4.90 Å². The van der Waals surface area contributed by atoms with E-state index in [4.69, 9.17) is 4.74 Å². The van der Waals surface area contributed by atoms with Gasteiger partial charge in [-0.05, 0) is 49.9 Å². The molecule has 0 spiro atoms. The number of hydrogen-bond acceptors (Lipinski definition) is 6. The molecule has 1 aromatic rings. The molecule has 0 aliphatic carbocycles. The second-order valence-electron chi connectivity index (χ2n) is 7.48. The number of rotatable bonds is 4. The predicted molar refractivity (Wildman–Crippen MR) is 102 cm³/mol. The average molecular weight is 421 g/mol. The summed E-state index contributed by atoms with van der Waals surface area (Å²) in [7, 11) is -3.51. The van der Waals surface area contributed by atoms with Crippen molar-refractivity contribution in [1.82, 2.24) is 14.1 Å². The number of imide groups is 1. The number of likely N-dealkylation sites (tertiary alicyclic amines) is 1. The van der Waals surface area contributed by atoms with E-state index in [0.29, 0.717) is 44.6 Å². The molecule has 1 aromatic carbocycles. The number of benzene rings is 1. The van der Waals surface area contributed by atoms with Crippen molar-refractivity contribution in [3.63, 3.8) is 0 Å². The first kappa shape index (κ1) is 19.8. The number of hydrogen-bond donors (Lipinski definition) is 0. The number of carbonyl (C=O) groups excluding carboxylic acids is 3. The van der Waals surface area contributed by atoms with E-state index in [1.54, 1.807) is 17.0 Å². The van der Waals surface area contributed by atoms with Gasteiger partial charge in [0.25, 0.3) is 11.8 Å². The average Bonchev–Trinajstić information content (AvgIpc) is 3.38. The first-order valence-corrected chi connectivity index (χ1v) is 11.2. The lowest BCUT2D eigenvalue weighted by atomic mass is 10.0.